The predicted molar refractivity (Wildman–Crippen MR) is 75.3 cm³/mol. The maximum absolute atomic E-state index is 13.6. The van der Waals surface area contributed by atoms with E-state index in [9.17, 15) is 22.0 Å². The molecular weight excluding hydrogens is 356 g/mol. The molecule has 0 aromatic heterocycles. The van der Waals surface area contributed by atoms with E-state index in [1.165, 1.54) is 13.8 Å². The van der Waals surface area contributed by atoms with E-state index in [2.05, 4.69) is 21.2 Å². The second kappa shape index (κ2) is 5.77. The zero-order chi connectivity index (χ0) is 15.7. The third-order valence-corrected chi connectivity index (χ3v) is 5.52. The van der Waals surface area contributed by atoms with Crippen LogP contribution < -0.4 is 5.32 Å². The summed E-state index contributed by atoms with van der Waals surface area (Å²) >= 11 is 2.90. The van der Waals surface area contributed by atoms with Crippen LogP contribution in [0.4, 0.5) is 8.78 Å². The summed E-state index contributed by atoms with van der Waals surface area (Å²) < 4.78 is 49.0. The van der Waals surface area contributed by atoms with Crippen molar-refractivity contribution in [3.8, 4) is 0 Å². The zero-order valence-electron chi connectivity index (χ0n) is 11.1. The van der Waals surface area contributed by atoms with Gasteiger partial charge in [0.25, 0.3) is 5.91 Å². The van der Waals surface area contributed by atoms with Crippen LogP contribution >= 0.6 is 15.9 Å². The second-order valence-electron chi connectivity index (χ2n) is 4.96. The SMILES string of the molecule is CC(C)(CNC(=O)c1c(F)cc(Br)cc1F)S(C)(=O)=O. The first-order chi connectivity index (χ1) is 8.95. The molecule has 0 unspecified atom stereocenters. The molecule has 4 nitrogen and oxygen atoms in total. The summed E-state index contributed by atoms with van der Waals surface area (Å²) in [5.41, 5.74) is -0.738. The first kappa shape index (κ1) is 17.0. The molecule has 0 heterocycles. The molecule has 1 rings (SSSR count). The van der Waals surface area contributed by atoms with Crippen LogP contribution in [0.15, 0.2) is 16.6 Å². The maximum atomic E-state index is 13.6. The van der Waals surface area contributed by atoms with Gasteiger partial charge in [-0.15, -0.1) is 0 Å². The summed E-state index contributed by atoms with van der Waals surface area (Å²) in [5, 5.41) is 2.23. The molecule has 1 N–H and O–H groups in total. The lowest BCUT2D eigenvalue weighted by atomic mass is 10.1. The highest BCUT2D eigenvalue weighted by Gasteiger charge is 2.31. The van der Waals surface area contributed by atoms with Crippen molar-refractivity contribution >= 4 is 31.7 Å². The van der Waals surface area contributed by atoms with E-state index in [0.717, 1.165) is 18.4 Å². The number of hydrogen-bond acceptors (Lipinski definition) is 3. The first-order valence-corrected chi connectivity index (χ1v) is 8.26. The molecule has 8 heteroatoms. The van der Waals surface area contributed by atoms with E-state index in [0.29, 0.717) is 0 Å². The van der Waals surface area contributed by atoms with E-state index >= 15 is 0 Å². The molecule has 0 aliphatic rings. The van der Waals surface area contributed by atoms with Gasteiger partial charge < -0.3 is 5.32 Å². The Hall–Kier alpha value is -1.02. The van der Waals surface area contributed by atoms with Crippen molar-refractivity contribution in [2.45, 2.75) is 18.6 Å². The van der Waals surface area contributed by atoms with E-state index < -0.39 is 37.7 Å². The Balaban J connectivity index is 2.95. The largest absolute Gasteiger partial charge is 0.350 e. The van der Waals surface area contributed by atoms with Crippen LogP contribution in [0.3, 0.4) is 0 Å². The summed E-state index contributed by atoms with van der Waals surface area (Å²) in [6.07, 6.45) is 1.03. The lowest BCUT2D eigenvalue weighted by molar-refractivity contribution is 0.0942. The number of halogens is 3. The second-order valence-corrected chi connectivity index (χ2v) is 8.52. The average molecular weight is 370 g/mol. The highest BCUT2D eigenvalue weighted by Crippen LogP contribution is 2.20. The van der Waals surface area contributed by atoms with Gasteiger partial charge in [-0.25, -0.2) is 17.2 Å². The van der Waals surface area contributed by atoms with Gasteiger partial charge in [0.15, 0.2) is 9.84 Å². The Bertz CT molecular complexity index is 621. The third kappa shape index (κ3) is 3.76. The van der Waals surface area contributed by atoms with E-state index in [-0.39, 0.29) is 11.0 Å². The molecule has 0 spiro atoms. The topological polar surface area (TPSA) is 63.2 Å². The van der Waals surface area contributed by atoms with Gasteiger partial charge in [0.2, 0.25) is 0 Å². The van der Waals surface area contributed by atoms with Gasteiger partial charge in [0.05, 0.1) is 4.75 Å². The molecule has 0 saturated carbocycles. The number of carbonyl (C=O) groups excluding carboxylic acids is 1. The van der Waals surface area contributed by atoms with Crippen molar-refractivity contribution in [3.63, 3.8) is 0 Å². The quantitative estimate of drug-likeness (QED) is 0.885. The normalized spacial score (nSPS) is 12.3. The minimum Gasteiger partial charge on any atom is -0.350 e. The summed E-state index contributed by atoms with van der Waals surface area (Å²) in [6, 6.07) is 1.92. The number of carbonyl (C=O) groups is 1. The lowest BCUT2D eigenvalue weighted by Gasteiger charge is -2.22. The van der Waals surface area contributed by atoms with E-state index in [4.69, 9.17) is 0 Å². The predicted octanol–water partition coefficient (Wildman–Crippen LogP) is 2.28. The molecule has 1 aromatic rings. The fourth-order valence-corrected chi connectivity index (χ4v) is 2.01. The first-order valence-electron chi connectivity index (χ1n) is 5.58. The zero-order valence-corrected chi connectivity index (χ0v) is 13.5. The van der Waals surface area contributed by atoms with Gasteiger partial charge in [-0.3, -0.25) is 4.79 Å². The van der Waals surface area contributed by atoms with Crippen LogP contribution in [0.2, 0.25) is 0 Å². The van der Waals surface area contributed by atoms with Crippen LogP contribution in [-0.4, -0.2) is 31.9 Å². The minimum atomic E-state index is -3.42. The van der Waals surface area contributed by atoms with Crippen LogP contribution in [0.25, 0.3) is 0 Å². The molecular formula is C12H14BrF2NO3S. The summed E-state index contributed by atoms with van der Waals surface area (Å²) in [5.74, 6) is -3.04. The summed E-state index contributed by atoms with van der Waals surface area (Å²) in [4.78, 5) is 11.8. The van der Waals surface area contributed by atoms with Gasteiger partial charge in [0.1, 0.15) is 17.2 Å². The van der Waals surface area contributed by atoms with Crippen molar-refractivity contribution in [2.75, 3.05) is 12.8 Å². The maximum Gasteiger partial charge on any atom is 0.257 e. The van der Waals surface area contributed by atoms with Gasteiger partial charge in [-0.2, -0.15) is 0 Å². The highest BCUT2D eigenvalue weighted by molar-refractivity contribution is 9.10. The van der Waals surface area contributed by atoms with Gasteiger partial charge >= 0.3 is 0 Å². The Morgan fingerprint density at radius 1 is 1.30 bits per heavy atom. The van der Waals surface area contributed by atoms with Crippen LogP contribution in [0, 0.1) is 11.6 Å². The Morgan fingerprint density at radius 3 is 2.15 bits per heavy atom. The van der Waals surface area contributed by atoms with Crippen LogP contribution in [-0.2, 0) is 9.84 Å². The van der Waals surface area contributed by atoms with Crippen LogP contribution in [0.5, 0.6) is 0 Å². The smallest absolute Gasteiger partial charge is 0.257 e. The summed E-state index contributed by atoms with van der Waals surface area (Å²) in [6.45, 7) is 2.58. The molecule has 20 heavy (non-hydrogen) atoms. The molecule has 0 aliphatic carbocycles. The monoisotopic (exact) mass is 369 g/mol. The molecule has 0 radical (unpaired) electrons. The fraction of sp³-hybridized carbons (Fsp3) is 0.417. The Morgan fingerprint density at radius 2 is 1.75 bits per heavy atom. The van der Waals surface area contributed by atoms with Crippen molar-refractivity contribution in [3.05, 3.63) is 33.8 Å². The van der Waals surface area contributed by atoms with Crippen molar-refractivity contribution in [1.29, 1.82) is 0 Å². The molecule has 0 aliphatic heterocycles. The molecule has 0 atom stereocenters. The summed E-state index contributed by atoms with van der Waals surface area (Å²) in [7, 11) is -3.42. The molecule has 1 amide bonds. The number of hydrogen-bond donors (Lipinski definition) is 1. The minimum absolute atomic E-state index is 0.167. The molecule has 112 valence electrons. The number of nitrogens with one attached hydrogen (secondary N) is 1. The number of benzene rings is 1. The molecule has 1 aromatic carbocycles. The third-order valence-electron chi connectivity index (χ3n) is 2.91. The lowest BCUT2D eigenvalue weighted by Crippen LogP contribution is -2.44. The standard InChI is InChI=1S/C12H14BrF2NO3S/c1-12(2,20(3,18)19)6-16-11(17)10-8(14)4-7(13)5-9(10)15/h4-5H,6H2,1-3H3,(H,16,17). The number of sulfone groups is 1. The van der Waals surface area contributed by atoms with Crippen molar-refractivity contribution < 1.29 is 22.0 Å². The van der Waals surface area contributed by atoms with Crippen molar-refractivity contribution in [1.82, 2.24) is 5.32 Å². The molecule has 0 saturated heterocycles. The molecule has 0 bridgehead atoms. The van der Waals surface area contributed by atoms with Crippen LogP contribution in [0.1, 0.15) is 24.2 Å². The molecule has 0 fully saturated rings. The Kier molecular flexibility index (Phi) is 4.91. The Labute approximate surface area is 124 Å². The number of rotatable bonds is 4. The average Bonchev–Trinajstić information content (AvgIpc) is 2.23. The van der Waals surface area contributed by atoms with Gasteiger partial charge in [-0.1, -0.05) is 15.9 Å². The number of amides is 1. The van der Waals surface area contributed by atoms with E-state index in [1.807, 2.05) is 0 Å². The van der Waals surface area contributed by atoms with Crippen molar-refractivity contribution in [2.24, 2.45) is 0 Å². The highest BCUT2D eigenvalue weighted by atomic mass is 79.9. The van der Waals surface area contributed by atoms with Gasteiger partial charge in [0, 0.05) is 17.3 Å². The van der Waals surface area contributed by atoms with Gasteiger partial charge in [-0.05, 0) is 26.0 Å². The van der Waals surface area contributed by atoms with E-state index in [1.54, 1.807) is 0 Å². The fourth-order valence-electron chi connectivity index (χ4n) is 1.27.